The van der Waals surface area contributed by atoms with Crippen molar-refractivity contribution in [3.05, 3.63) is 105 Å². The molecule has 152 valence electrons. The Hall–Kier alpha value is -2.96. The Bertz CT molecular complexity index is 1220. The van der Waals surface area contributed by atoms with E-state index in [0.29, 0.717) is 24.2 Å². The van der Waals surface area contributed by atoms with Gasteiger partial charge in [-0.15, -0.1) is 0 Å². The molecule has 0 saturated heterocycles. The van der Waals surface area contributed by atoms with Crippen LogP contribution in [0.1, 0.15) is 27.2 Å². The number of carbonyl (C=O) groups is 1. The van der Waals surface area contributed by atoms with Crippen LogP contribution in [0, 0.1) is 5.82 Å². The van der Waals surface area contributed by atoms with Gasteiger partial charge in [-0.25, -0.2) is 9.18 Å². The summed E-state index contributed by atoms with van der Waals surface area (Å²) in [5, 5.41) is 14.2. The monoisotopic (exact) mass is 466 g/mol. The fourth-order valence-corrected chi connectivity index (χ4v) is 4.15. The summed E-state index contributed by atoms with van der Waals surface area (Å²) in [6.45, 7) is 1.13. The van der Waals surface area contributed by atoms with Crippen LogP contribution in [0.15, 0.2) is 77.3 Å². The number of carboxylic acid groups (broad SMARTS) is 1. The van der Waals surface area contributed by atoms with Crippen molar-refractivity contribution in [3.8, 4) is 0 Å². The Morgan fingerprint density at radius 1 is 0.933 bits per heavy atom. The Balaban J connectivity index is 1.72. The quantitative estimate of drug-likeness (QED) is 0.373. The summed E-state index contributed by atoms with van der Waals surface area (Å²) in [4.78, 5) is 12.2. The highest BCUT2D eigenvalue weighted by Crippen LogP contribution is 2.28. The van der Waals surface area contributed by atoms with Gasteiger partial charge in [-0.1, -0.05) is 70.5 Å². The summed E-state index contributed by atoms with van der Waals surface area (Å²) in [5.41, 5.74) is 3.19. The van der Waals surface area contributed by atoms with Gasteiger partial charge in [-0.05, 0) is 23.8 Å². The summed E-state index contributed by atoms with van der Waals surface area (Å²) in [5.74, 6) is -1.37. The fraction of sp³-hybridized carbons (Fsp3) is 0.125. The van der Waals surface area contributed by atoms with Gasteiger partial charge in [0.15, 0.2) is 0 Å². The first-order valence-corrected chi connectivity index (χ1v) is 10.4. The molecule has 1 aromatic heterocycles. The van der Waals surface area contributed by atoms with Gasteiger partial charge < -0.3 is 15.0 Å². The standard InChI is InChI=1S/C24H20BrFN2O2/c25-20-10-4-1-7-16(20)13-27-14-19-18-9-3-6-12-22(18)28(23(19)24(29)30)15-17-8-2-5-11-21(17)26/h1-12,27H,13-15H2,(H,29,30). The van der Waals surface area contributed by atoms with Crippen LogP contribution < -0.4 is 5.32 Å². The third kappa shape index (κ3) is 4.01. The Kier molecular flexibility index (Phi) is 5.97. The maximum Gasteiger partial charge on any atom is 0.352 e. The minimum Gasteiger partial charge on any atom is -0.477 e. The van der Waals surface area contributed by atoms with Gasteiger partial charge in [-0.2, -0.15) is 0 Å². The predicted molar refractivity (Wildman–Crippen MR) is 119 cm³/mol. The van der Waals surface area contributed by atoms with Gasteiger partial charge in [0.25, 0.3) is 0 Å². The molecule has 0 spiro atoms. The number of hydrogen-bond acceptors (Lipinski definition) is 2. The average molecular weight is 467 g/mol. The molecular formula is C24H20BrFN2O2. The number of fused-ring (bicyclic) bond motifs is 1. The number of para-hydroxylation sites is 1. The fourth-order valence-electron chi connectivity index (χ4n) is 3.72. The van der Waals surface area contributed by atoms with Gasteiger partial charge in [0.2, 0.25) is 0 Å². The van der Waals surface area contributed by atoms with E-state index in [2.05, 4.69) is 21.2 Å². The first kappa shape index (κ1) is 20.3. The van der Waals surface area contributed by atoms with E-state index in [1.54, 1.807) is 22.8 Å². The van der Waals surface area contributed by atoms with Crippen LogP contribution in [-0.2, 0) is 19.6 Å². The number of benzene rings is 3. The van der Waals surface area contributed by atoms with Crippen molar-refractivity contribution >= 4 is 32.8 Å². The topological polar surface area (TPSA) is 54.3 Å². The van der Waals surface area contributed by atoms with Gasteiger partial charge in [0.05, 0.1) is 6.54 Å². The third-order valence-corrected chi connectivity index (χ3v) is 5.91. The molecule has 0 atom stereocenters. The zero-order valence-electron chi connectivity index (χ0n) is 16.1. The largest absolute Gasteiger partial charge is 0.477 e. The van der Waals surface area contributed by atoms with E-state index in [-0.39, 0.29) is 18.1 Å². The number of nitrogens with zero attached hydrogens (tertiary/aromatic N) is 1. The minimum atomic E-state index is -1.03. The highest BCUT2D eigenvalue weighted by Gasteiger charge is 2.22. The van der Waals surface area contributed by atoms with Crippen LogP contribution in [0.25, 0.3) is 10.9 Å². The number of halogens is 2. The third-order valence-electron chi connectivity index (χ3n) is 5.14. The highest BCUT2D eigenvalue weighted by atomic mass is 79.9. The number of nitrogens with one attached hydrogen (secondary N) is 1. The molecule has 4 rings (SSSR count). The summed E-state index contributed by atoms with van der Waals surface area (Å²) in [6, 6.07) is 21.9. The second-order valence-electron chi connectivity index (χ2n) is 7.02. The highest BCUT2D eigenvalue weighted by molar-refractivity contribution is 9.10. The molecule has 0 radical (unpaired) electrons. The molecule has 3 aromatic carbocycles. The summed E-state index contributed by atoms with van der Waals surface area (Å²) in [7, 11) is 0. The number of carboxylic acids is 1. The molecule has 2 N–H and O–H groups in total. The molecule has 6 heteroatoms. The number of hydrogen-bond donors (Lipinski definition) is 2. The molecular weight excluding hydrogens is 447 g/mol. The lowest BCUT2D eigenvalue weighted by Gasteiger charge is -2.11. The minimum absolute atomic E-state index is 0.152. The van der Waals surface area contributed by atoms with Crippen molar-refractivity contribution in [2.45, 2.75) is 19.6 Å². The van der Waals surface area contributed by atoms with Gasteiger partial charge in [0.1, 0.15) is 11.5 Å². The Labute approximate surface area is 182 Å². The predicted octanol–water partition coefficient (Wildman–Crippen LogP) is 5.58. The lowest BCUT2D eigenvalue weighted by atomic mass is 10.1. The Morgan fingerprint density at radius 2 is 1.60 bits per heavy atom. The molecule has 0 saturated carbocycles. The SMILES string of the molecule is O=C(O)c1c(CNCc2ccccc2Br)c2ccccc2n1Cc1ccccc1F. The molecule has 0 fully saturated rings. The summed E-state index contributed by atoms with van der Waals surface area (Å²) >= 11 is 3.53. The van der Waals surface area contributed by atoms with E-state index in [1.807, 2.05) is 48.5 Å². The molecule has 0 bridgehead atoms. The number of aromatic carboxylic acids is 1. The van der Waals surface area contributed by atoms with Crippen molar-refractivity contribution in [2.75, 3.05) is 0 Å². The molecule has 30 heavy (non-hydrogen) atoms. The molecule has 0 aliphatic rings. The lowest BCUT2D eigenvalue weighted by molar-refractivity contribution is 0.0684. The molecule has 0 aliphatic carbocycles. The molecule has 0 aliphatic heterocycles. The number of rotatable bonds is 7. The van der Waals surface area contributed by atoms with Gasteiger partial charge in [-0.3, -0.25) is 0 Å². The van der Waals surface area contributed by atoms with E-state index in [9.17, 15) is 14.3 Å². The van der Waals surface area contributed by atoms with Gasteiger partial charge in [0, 0.05) is 39.6 Å². The Morgan fingerprint density at radius 3 is 2.33 bits per heavy atom. The second-order valence-corrected chi connectivity index (χ2v) is 7.88. The van der Waals surface area contributed by atoms with Crippen molar-refractivity contribution in [2.24, 2.45) is 0 Å². The van der Waals surface area contributed by atoms with E-state index < -0.39 is 5.97 Å². The van der Waals surface area contributed by atoms with E-state index >= 15 is 0 Å². The summed E-state index contributed by atoms with van der Waals surface area (Å²) in [6.07, 6.45) is 0. The van der Waals surface area contributed by atoms with Crippen LogP contribution in [-0.4, -0.2) is 15.6 Å². The van der Waals surface area contributed by atoms with Crippen LogP contribution in [0.4, 0.5) is 4.39 Å². The normalized spacial score (nSPS) is 11.1. The average Bonchev–Trinajstić information content (AvgIpc) is 3.05. The molecule has 0 amide bonds. The zero-order valence-corrected chi connectivity index (χ0v) is 17.7. The maximum atomic E-state index is 14.3. The van der Waals surface area contributed by atoms with Crippen LogP contribution in [0.5, 0.6) is 0 Å². The molecule has 1 heterocycles. The number of aromatic nitrogens is 1. The molecule has 4 nitrogen and oxygen atoms in total. The first-order chi connectivity index (χ1) is 14.6. The lowest BCUT2D eigenvalue weighted by Crippen LogP contribution is -2.17. The molecule has 0 unspecified atom stereocenters. The summed E-state index contributed by atoms with van der Waals surface area (Å²) < 4.78 is 16.9. The smallest absolute Gasteiger partial charge is 0.352 e. The first-order valence-electron chi connectivity index (χ1n) is 9.57. The van der Waals surface area contributed by atoms with Crippen molar-refractivity contribution in [1.82, 2.24) is 9.88 Å². The van der Waals surface area contributed by atoms with Gasteiger partial charge >= 0.3 is 5.97 Å². The van der Waals surface area contributed by atoms with Crippen molar-refractivity contribution in [3.63, 3.8) is 0 Å². The van der Waals surface area contributed by atoms with Crippen LogP contribution in [0.3, 0.4) is 0 Å². The van der Waals surface area contributed by atoms with E-state index in [1.165, 1.54) is 6.07 Å². The van der Waals surface area contributed by atoms with E-state index in [4.69, 9.17) is 0 Å². The van der Waals surface area contributed by atoms with Crippen LogP contribution >= 0.6 is 15.9 Å². The second kappa shape index (κ2) is 8.81. The van der Waals surface area contributed by atoms with Crippen molar-refractivity contribution < 1.29 is 14.3 Å². The van der Waals surface area contributed by atoms with Crippen LogP contribution in [0.2, 0.25) is 0 Å². The zero-order chi connectivity index (χ0) is 21.1. The van der Waals surface area contributed by atoms with Crippen molar-refractivity contribution in [1.29, 1.82) is 0 Å². The molecule has 4 aromatic rings. The van der Waals surface area contributed by atoms with E-state index in [0.717, 1.165) is 20.9 Å². The maximum absolute atomic E-state index is 14.3.